The molecule has 0 aromatic carbocycles. The molecule has 0 aliphatic heterocycles. The Bertz CT molecular complexity index is 260. The van der Waals surface area contributed by atoms with Crippen LogP contribution in [0.3, 0.4) is 0 Å². The maximum absolute atomic E-state index is 10.6. The van der Waals surface area contributed by atoms with Crippen molar-refractivity contribution < 1.29 is 13.0 Å². The van der Waals surface area contributed by atoms with E-state index in [2.05, 4.69) is 11.6 Å². The third-order valence-electron chi connectivity index (χ3n) is 2.31. The normalized spacial score (nSPS) is 13.1. The predicted octanol–water partition coefficient (Wildman–Crippen LogP) is 2.52. The van der Waals surface area contributed by atoms with Crippen LogP contribution in [0.1, 0.15) is 59.3 Å². The Morgan fingerprint density at radius 2 is 1.67 bits per heavy atom. The van der Waals surface area contributed by atoms with Crippen molar-refractivity contribution in [3.8, 4) is 0 Å². The van der Waals surface area contributed by atoms with Crippen LogP contribution in [0.5, 0.6) is 0 Å². The van der Waals surface area contributed by atoms with Crippen molar-refractivity contribution in [3.05, 3.63) is 0 Å². The fraction of sp³-hybridized carbons (Fsp3) is 1.00. The first-order valence-corrected chi connectivity index (χ1v) is 6.97. The van der Waals surface area contributed by atoms with E-state index >= 15 is 0 Å². The summed E-state index contributed by atoms with van der Waals surface area (Å²) in [6, 6.07) is 0. The Labute approximate surface area is 93.3 Å². The molecule has 0 fully saturated rings. The fourth-order valence-electron chi connectivity index (χ4n) is 1.57. The number of hydrogen-bond donors (Lipinski definition) is 2. The molecule has 0 heterocycles. The average Bonchev–Trinajstić information content (AvgIpc) is 1.99. The quantitative estimate of drug-likeness (QED) is 0.503. The molecule has 0 saturated heterocycles. The lowest BCUT2D eigenvalue weighted by atomic mass is 9.97. The zero-order chi connectivity index (χ0) is 11.9. The molecular formula is C10H23NO3S. The minimum Gasteiger partial charge on any atom is -0.273 e. The van der Waals surface area contributed by atoms with Gasteiger partial charge in [-0.05, 0) is 20.3 Å². The van der Waals surface area contributed by atoms with Crippen molar-refractivity contribution in [2.75, 3.05) is 0 Å². The molecule has 0 unspecified atom stereocenters. The first-order valence-electron chi connectivity index (χ1n) is 5.53. The summed E-state index contributed by atoms with van der Waals surface area (Å²) in [5.41, 5.74) is -0.556. The predicted molar refractivity (Wildman–Crippen MR) is 62.1 cm³/mol. The van der Waals surface area contributed by atoms with E-state index in [-0.39, 0.29) is 0 Å². The van der Waals surface area contributed by atoms with Gasteiger partial charge in [-0.2, -0.15) is 13.1 Å². The zero-order valence-electron chi connectivity index (χ0n) is 9.91. The molecule has 4 nitrogen and oxygen atoms in total. The van der Waals surface area contributed by atoms with E-state index in [9.17, 15) is 8.42 Å². The highest BCUT2D eigenvalue weighted by Gasteiger charge is 2.22. The molecule has 0 spiro atoms. The van der Waals surface area contributed by atoms with Crippen LogP contribution in [0.2, 0.25) is 0 Å². The Kier molecular flexibility index (Phi) is 6.40. The molecule has 0 saturated carbocycles. The maximum atomic E-state index is 10.6. The summed E-state index contributed by atoms with van der Waals surface area (Å²) in [6.07, 6.45) is 6.47. The second-order valence-corrected chi connectivity index (χ2v) is 5.78. The van der Waals surface area contributed by atoms with Crippen molar-refractivity contribution in [1.29, 1.82) is 0 Å². The van der Waals surface area contributed by atoms with Crippen LogP contribution in [-0.4, -0.2) is 18.5 Å². The number of nitrogens with one attached hydrogen (secondary N) is 1. The van der Waals surface area contributed by atoms with E-state index in [1.165, 1.54) is 19.3 Å². The molecule has 92 valence electrons. The smallest absolute Gasteiger partial charge is 0.273 e. The van der Waals surface area contributed by atoms with E-state index in [0.717, 1.165) is 19.3 Å². The number of rotatable bonds is 8. The van der Waals surface area contributed by atoms with E-state index in [4.69, 9.17) is 4.55 Å². The molecular weight excluding hydrogens is 214 g/mol. The third-order valence-corrected chi connectivity index (χ3v) is 3.12. The summed E-state index contributed by atoms with van der Waals surface area (Å²) in [6.45, 7) is 5.71. The van der Waals surface area contributed by atoms with E-state index in [1.54, 1.807) is 13.8 Å². The standard InChI is InChI=1S/C10H23NO3S/c1-4-5-6-7-8-9-10(2,3)11-15(12,13)14/h11H,4-9H2,1-3H3,(H,12,13,14). The molecule has 0 aliphatic rings. The molecule has 0 aromatic rings. The lowest BCUT2D eigenvalue weighted by Gasteiger charge is -2.23. The maximum Gasteiger partial charge on any atom is 0.333 e. The van der Waals surface area contributed by atoms with Gasteiger partial charge in [-0.3, -0.25) is 4.55 Å². The minimum absolute atomic E-state index is 0.556. The summed E-state index contributed by atoms with van der Waals surface area (Å²) in [5, 5.41) is 0. The van der Waals surface area contributed by atoms with Crippen LogP contribution >= 0.6 is 0 Å². The monoisotopic (exact) mass is 237 g/mol. The highest BCUT2D eigenvalue weighted by molar-refractivity contribution is 7.83. The molecule has 15 heavy (non-hydrogen) atoms. The summed E-state index contributed by atoms with van der Waals surface area (Å²) in [7, 11) is -4.08. The van der Waals surface area contributed by atoms with Gasteiger partial charge < -0.3 is 0 Å². The molecule has 2 N–H and O–H groups in total. The molecule has 0 bridgehead atoms. The largest absolute Gasteiger partial charge is 0.333 e. The van der Waals surface area contributed by atoms with E-state index < -0.39 is 15.8 Å². The molecule has 0 rings (SSSR count). The second kappa shape index (κ2) is 6.45. The summed E-state index contributed by atoms with van der Waals surface area (Å²) < 4.78 is 32.1. The lowest BCUT2D eigenvalue weighted by molar-refractivity contribution is 0.373. The Morgan fingerprint density at radius 3 is 2.13 bits per heavy atom. The third kappa shape index (κ3) is 10.2. The molecule has 0 amide bonds. The van der Waals surface area contributed by atoms with Gasteiger partial charge in [0.15, 0.2) is 0 Å². The Balaban J connectivity index is 3.75. The average molecular weight is 237 g/mol. The summed E-state index contributed by atoms with van der Waals surface area (Å²) >= 11 is 0. The molecule has 0 atom stereocenters. The van der Waals surface area contributed by atoms with Crippen molar-refractivity contribution in [2.45, 2.75) is 64.8 Å². The molecule has 0 aliphatic carbocycles. The van der Waals surface area contributed by atoms with Gasteiger partial charge in [0.25, 0.3) is 0 Å². The van der Waals surface area contributed by atoms with Crippen LogP contribution in [-0.2, 0) is 10.3 Å². The molecule has 0 aromatic heterocycles. The lowest BCUT2D eigenvalue weighted by Crippen LogP contribution is -2.42. The van der Waals surface area contributed by atoms with E-state index in [1.807, 2.05) is 0 Å². The van der Waals surface area contributed by atoms with Crippen LogP contribution in [0.4, 0.5) is 0 Å². The van der Waals surface area contributed by atoms with Gasteiger partial charge in [0.1, 0.15) is 0 Å². The van der Waals surface area contributed by atoms with Crippen molar-refractivity contribution in [1.82, 2.24) is 4.72 Å². The highest BCUT2D eigenvalue weighted by Crippen LogP contribution is 2.15. The van der Waals surface area contributed by atoms with Gasteiger partial charge in [-0.1, -0.05) is 39.0 Å². The van der Waals surface area contributed by atoms with Crippen molar-refractivity contribution in [3.63, 3.8) is 0 Å². The zero-order valence-corrected chi connectivity index (χ0v) is 10.7. The van der Waals surface area contributed by atoms with Crippen molar-refractivity contribution in [2.24, 2.45) is 0 Å². The first kappa shape index (κ1) is 14.9. The summed E-state index contributed by atoms with van der Waals surface area (Å²) in [5.74, 6) is 0. The topological polar surface area (TPSA) is 66.4 Å². The van der Waals surface area contributed by atoms with Gasteiger partial charge in [0.05, 0.1) is 0 Å². The van der Waals surface area contributed by atoms with Gasteiger partial charge in [-0.15, -0.1) is 0 Å². The van der Waals surface area contributed by atoms with E-state index in [0.29, 0.717) is 0 Å². The Hall–Kier alpha value is -0.130. The van der Waals surface area contributed by atoms with Gasteiger partial charge in [0, 0.05) is 5.54 Å². The van der Waals surface area contributed by atoms with Crippen LogP contribution in [0.15, 0.2) is 0 Å². The van der Waals surface area contributed by atoms with Gasteiger partial charge >= 0.3 is 10.3 Å². The van der Waals surface area contributed by atoms with Gasteiger partial charge in [0.2, 0.25) is 0 Å². The molecule has 5 heteroatoms. The van der Waals surface area contributed by atoms with Crippen LogP contribution < -0.4 is 4.72 Å². The fourth-order valence-corrected chi connectivity index (χ4v) is 2.37. The number of unbranched alkanes of at least 4 members (excludes halogenated alkanes) is 4. The van der Waals surface area contributed by atoms with Gasteiger partial charge in [-0.25, -0.2) is 0 Å². The second-order valence-electron chi connectivity index (χ2n) is 4.63. The van der Waals surface area contributed by atoms with Crippen molar-refractivity contribution >= 4 is 10.3 Å². The highest BCUT2D eigenvalue weighted by atomic mass is 32.2. The van der Waals surface area contributed by atoms with Crippen LogP contribution in [0, 0.1) is 0 Å². The SMILES string of the molecule is CCCCCCCC(C)(C)NS(=O)(=O)O. The first-order chi connectivity index (χ1) is 6.77. The Morgan fingerprint density at radius 1 is 1.13 bits per heavy atom. The number of hydrogen-bond acceptors (Lipinski definition) is 2. The minimum atomic E-state index is -4.08. The van der Waals surface area contributed by atoms with Crippen LogP contribution in [0.25, 0.3) is 0 Å². The summed E-state index contributed by atoms with van der Waals surface area (Å²) in [4.78, 5) is 0. The molecule has 0 radical (unpaired) electrons.